The monoisotopic (exact) mass is 277 g/mol. The van der Waals surface area contributed by atoms with Crippen molar-refractivity contribution in [3.8, 4) is 0 Å². The van der Waals surface area contributed by atoms with E-state index in [2.05, 4.69) is 40.0 Å². The third-order valence-electron chi connectivity index (χ3n) is 3.94. The molecule has 0 radical (unpaired) electrons. The molecule has 102 valence electrons. The molecule has 0 atom stereocenters. The van der Waals surface area contributed by atoms with Crippen LogP contribution in [0.5, 0.6) is 0 Å². The molecule has 1 aliphatic rings. The minimum absolute atomic E-state index is 0.849. The van der Waals surface area contributed by atoms with Gasteiger partial charge in [-0.3, -0.25) is 0 Å². The number of aromatic nitrogens is 1. The van der Waals surface area contributed by atoms with Crippen molar-refractivity contribution in [3.63, 3.8) is 0 Å². The quantitative estimate of drug-likeness (QED) is 0.929. The predicted molar refractivity (Wildman–Crippen MR) is 80.9 cm³/mol. The number of halogens is 1. The summed E-state index contributed by atoms with van der Waals surface area (Å²) in [5.74, 6) is 0. The van der Waals surface area contributed by atoms with Crippen molar-refractivity contribution in [3.05, 3.63) is 35.0 Å². The van der Waals surface area contributed by atoms with Gasteiger partial charge in [0.25, 0.3) is 0 Å². The number of para-hydroxylation sites is 1. The number of hydrogen-bond acceptors (Lipinski definition) is 2. The standard InChI is InChI=1S/C15H20ClN3/c1-18-11-14(16)13-4-2-3-12(15(13)18)5-8-19-9-6-17-7-10-19/h2-4,11,17H,5-10H2,1H3. The van der Waals surface area contributed by atoms with E-state index in [1.807, 2.05) is 6.20 Å². The van der Waals surface area contributed by atoms with E-state index in [0.717, 1.165) is 44.2 Å². The van der Waals surface area contributed by atoms with Gasteiger partial charge < -0.3 is 14.8 Å². The van der Waals surface area contributed by atoms with E-state index in [0.29, 0.717) is 0 Å². The highest BCUT2D eigenvalue weighted by atomic mass is 35.5. The topological polar surface area (TPSA) is 20.2 Å². The van der Waals surface area contributed by atoms with Gasteiger partial charge in [-0.2, -0.15) is 0 Å². The van der Waals surface area contributed by atoms with E-state index in [1.54, 1.807) is 0 Å². The largest absolute Gasteiger partial charge is 0.349 e. The van der Waals surface area contributed by atoms with Crippen molar-refractivity contribution in [1.29, 1.82) is 0 Å². The first-order valence-corrected chi connectivity index (χ1v) is 7.29. The first-order chi connectivity index (χ1) is 9.25. The summed E-state index contributed by atoms with van der Waals surface area (Å²) in [6.45, 7) is 5.66. The first-order valence-electron chi connectivity index (χ1n) is 6.91. The van der Waals surface area contributed by atoms with E-state index in [-0.39, 0.29) is 0 Å². The van der Waals surface area contributed by atoms with Crippen LogP contribution in [0.4, 0.5) is 0 Å². The van der Waals surface area contributed by atoms with Crippen molar-refractivity contribution in [2.75, 3.05) is 32.7 Å². The molecule has 1 aromatic heterocycles. The van der Waals surface area contributed by atoms with Crippen molar-refractivity contribution >= 4 is 22.5 Å². The number of aryl methyl sites for hydroxylation is 1. The molecule has 3 nitrogen and oxygen atoms in total. The van der Waals surface area contributed by atoms with Crippen molar-refractivity contribution < 1.29 is 0 Å². The lowest BCUT2D eigenvalue weighted by molar-refractivity contribution is 0.244. The normalized spacial score (nSPS) is 17.2. The number of benzene rings is 1. The molecule has 4 heteroatoms. The summed E-state index contributed by atoms with van der Waals surface area (Å²) < 4.78 is 2.14. The van der Waals surface area contributed by atoms with Gasteiger partial charge in [-0.1, -0.05) is 29.8 Å². The molecule has 1 N–H and O–H groups in total. The number of rotatable bonds is 3. The van der Waals surface area contributed by atoms with E-state index >= 15 is 0 Å². The molecular weight excluding hydrogens is 258 g/mol. The van der Waals surface area contributed by atoms with Crippen LogP contribution in [0.3, 0.4) is 0 Å². The molecule has 19 heavy (non-hydrogen) atoms. The van der Waals surface area contributed by atoms with Gasteiger partial charge in [-0.25, -0.2) is 0 Å². The maximum atomic E-state index is 6.26. The van der Waals surface area contributed by atoms with E-state index in [4.69, 9.17) is 11.6 Å². The minimum atomic E-state index is 0.849. The van der Waals surface area contributed by atoms with Gasteiger partial charge >= 0.3 is 0 Å². The highest BCUT2D eigenvalue weighted by Gasteiger charge is 2.12. The molecule has 0 unspecified atom stereocenters. The zero-order valence-electron chi connectivity index (χ0n) is 11.3. The maximum absolute atomic E-state index is 6.26. The molecule has 1 saturated heterocycles. The Morgan fingerprint density at radius 2 is 2.05 bits per heavy atom. The van der Waals surface area contributed by atoms with Gasteiger partial charge in [0, 0.05) is 51.4 Å². The molecule has 1 aromatic carbocycles. The number of fused-ring (bicyclic) bond motifs is 1. The van der Waals surface area contributed by atoms with Crippen LogP contribution in [-0.4, -0.2) is 42.2 Å². The third kappa shape index (κ3) is 2.64. The van der Waals surface area contributed by atoms with E-state index < -0.39 is 0 Å². The predicted octanol–water partition coefficient (Wildman–Crippen LogP) is 2.28. The summed E-state index contributed by atoms with van der Waals surface area (Å²) in [5, 5.41) is 5.41. The summed E-state index contributed by atoms with van der Waals surface area (Å²) in [6, 6.07) is 6.44. The van der Waals surface area contributed by atoms with Crippen molar-refractivity contribution in [2.45, 2.75) is 6.42 Å². The fourth-order valence-corrected chi connectivity index (χ4v) is 3.22. The van der Waals surface area contributed by atoms with Crippen LogP contribution >= 0.6 is 11.6 Å². The lowest BCUT2D eigenvalue weighted by atomic mass is 10.1. The number of piperazine rings is 1. The number of nitrogens with zero attached hydrogens (tertiary/aromatic N) is 2. The summed E-state index contributed by atoms with van der Waals surface area (Å²) >= 11 is 6.26. The summed E-state index contributed by atoms with van der Waals surface area (Å²) in [7, 11) is 2.07. The van der Waals surface area contributed by atoms with Crippen LogP contribution in [-0.2, 0) is 13.5 Å². The molecule has 0 aliphatic carbocycles. The second kappa shape index (κ2) is 5.53. The fourth-order valence-electron chi connectivity index (χ4n) is 2.92. The second-order valence-electron chi connectivity index (χ2n) is 5.24. The van der Waals surface area contributed by atoms with Crippen LogP contribution in [0, 0.1) is 0 Å². The van der Waals surface area contributed by atoms with Gasteiger partial charge in [0.1, 0.15) is 0 Å². The molecule has 2 aromatic rings. The zero-order chi connectivity index (χ0) is 13.2. The Balaban J connectivity index is 1.80. The van der Waals surface area contributed by atoms with Gasteiger partial charge in [-0.05, 0) is 12.0 Å². The Bertz CT molecular complexity index is 570. The lowest BCUT2D eigenvalue weighted by Gasteiger charge is -2.27. The average Bonchev–Trinajstić information content (AvgIpc) is 2.74. The van der Waals surface area contributed by atoms with Crippen LogP contribution in [0.1, 0.15) is 5.56 Å². The van der Waals surface area contributed by atoms with Gasteiger partial charge in [0.2, 0.25) is 0 Å². The third-order valence-corrected chi connectivity index (χ3v) is 4.24. The van der Waals surface area contributed by atoms with Crippen molar-refractivity contribution in [1.82, 2.24) is 14.8 Å². The average molecular weight is 278 g/mol. The van der Waals surface area contributed by atoms with E-state index in [1.165, 1.54) is 16.5 Å². The summed E-state index contributed by atoms with van der Waals surface area (Å²) in [5.41, 5.74) is 2.67. The highest BCUT2D eigenvalue weighted by Crippen LogP contribution is 2.27. The van der Waals surface area contributed by atoms with Gasteiger partial charge in [-0.15, -0.1) is 0 Å². The first kappa shape index (κ1) is 13.0. The van der Waals surface area contributed by atoms with E-state index in [9.17, 15) is 0 Å². The van der Waals surface area contributed by atoms with Crippen LogP contribution in [0.25, 0.3) is 10.9 Å². The number of hydrogen-bond donors (Lipinski definition) is 1. The van der Waals surface area contributed by atoms with Gasteiger partial charge in [0.05, 0.1) is 10.5 Å². The van der Waals surface area contributed by atoms with Crippen LogP contribution in [0.15, 0.2) is 24.4 Å². The maximum Gasteiger partial charge on any atom is 0.0661 e. The molecule has 0 saturated carbocycles. The molecular formula is C15H20ClN3. The molecule has 2 heterocycles. The fraction of sp³-hybridized carbons (Fsp3) is 0.467. The molecule has 1 aliphatic heterocycles. The number of nitrogens with one attached hydrogen (secondary N) is 1. The van der Waals surface area contributed by atoms with Gasteiger partial charge in [0.15, 0.2) is 0 Å². The summed E-state index contributed by atoms with van der Waals surface area (Å²) in [4.78, 5) is 2.53. The SMILES string of the molecule is Cn1cc(Cl)c2cccc(CCN3CCNCC3)c21. The van der Waals surface area contributed by atoms with Crippen molar-refractivity contribution in [2.24, 2.45) is 7.05 Å². The Hall–Kier alpha value is -1.03. The highest BCUT2D eigenvalue weighted by molar-refractivity contribution is 6.35. The second-order valence-corrected chi connectivity index (χ2v) is 5.65. The Labute approximate surface area is 119 Å². The molecule has 0 amide bonds. The lowest BCUT2D eigenvalue weighted by Crippen LogP contribution is -2.44. The van der Waals surface area contributed by atoms with Crippen LogP contribution < -0.4 is 5.32 Å². The molecule has 3 rings (SSSR count). The van der Waals surface area contributed by atoms with Crippen LogP contribution in [0.2, 0.25) is 5.02 Å². The molecule has 1 fully saturated rings. The zero-order valence-corrected chi connectivity index (χ0v) is 12.1. The molecule has 0 bridgehead atoms. The summed E-state index contributed by atoms with van der Waals surface area (Å²) in [6.07, 6.45) is 3.09. The Morgan fingerprint density at radius 1 is 1.26 bits per heavy atom. The Kier molecular flexibility index (Phi) is 3.78. The smallest absolute Gasteiger partial charge is 0.0661 e. The Morgan fingerprint density at radius 3 is 2.84 bits per heavy atom. The molecule has 0 spiro atoms. The minimum Gasteiger partial charge on any atom is -0.349 e.